The van der Waals surface area contributed by atoms with Crippen LogP contribution in [0.4, 0.5) is 20.4 Å². The molecule has 0 aromatic carbocycles. The van der Waals surface area contributed by atoms with Crippen LogP contribution in [0.5, 0.6) is 0 Å². The molecule has 0 amide bonds. The fraction of sp³-hybridized carbons (Fsp3) is 0.308. The minimum absolute atomic E-state index is 0.0323. The first-order chi connectivity index (χ1) is 9.42. The maximum Gasteiger partial charge on any atom is 0.178 e. The van der Waals surface area contributed by atoms with Crippen LogP contribution in [-0.4, -0.2) is 4.98 Å². The zero-order valence-electron chi connectivity index (χ0n) is 11.4. The number of aryl methyl sites for hydroxylation is 2. The maximum absolute atomic E-state index is 13.7. The second-order valence-corrected chi connectivity index (χ2v) is 5.99. The number of halogens is 2. The van der Waals surface area contributed by atoms with E-state index in [0.29, 0.717) is 0 Å². The Kier molecular flexibility index (Phi) is 4.20. The molecular weight excluding hydrogens is 282 g/mol. The number of hydrogen-bond acceptors (Lipinski definition) is 5. The predicted octanol–water partition coefficient (Wildman–Crippen LogP) is 3.50. The molecule has 0 saturated heterocycles. The van der Waals surface area contributed by atoms with Gasteiger partial charge in [-0.05, 0) is 32.4 Å². The van der Waals surface area contributed by atoms with E-state index in [2.05, 4.69) is 15.7 Å². The highest BCUT2D eigenvalue weighted by Crippen LogP contribution is 2.29. The van der Waals surface area contributed by atoms with Crippen molar-refractivity contribution in [2.75, 3.05) is 10.7 Å². The molecule has 4 N–H and O–H groups in total. The molecule has 2 aromatic heterocycles. The summed E-state index contributed by atoms with van der Waals surface area (Å²) in [6.07, 6.45) is 0. The molecule has 7 heteroatoms. The number of thiophene rings is 1. The van der Waals surface area contributed by atoms with Crippen LogP contribution >= 0.6 is 11.3 Å². The topological polar surface area (TPSA) is 63.0 Å². The van der Waals surface area contributed by atoms with Crippen molar-refractivity contribution in [1.29, 1.82) is 0 Å². The Labute approximate surface area is 120 Å². The molecule has 0 fully saturated rings. The van der Waals surface area contributed by atoms with E-state index < -0.39 is 11.6 Å². The largest absolute Gasteiger partial charge is 0.361 e. The number of pyridine rings is 1. The second kappa shape index (κ2) is 5.72. The van der Waals surface area contributed by atoms with Crippen molar-refractivity contribution in [2.45, 2.75) is 26.8 Å². The van der Waals surface area contributed by atoms with Crippen LogP contribution in [0.25, 0.3) is 0 Å². The van der Waals surface area contributed by atoms with Gasteiger partial charge in [0.1, 0.15) is 0 Å². The van der Waals surface area contributed by atoms with Gasteiger partial charge in [0.05, 0.1) is 6.04 Å². The monoisotopic (exact) mass is 298 g/mol. The number of nitrogen functional groups attached to an aromatic ring is 1. The third-order valence-electron chi connectivity index (χ3n) is 2.97. The third kappa shape index (κ3) is 2.88. The first-order valence-corrected chi connectivity index (χ1v) is 6.90. The van der Waals surface area contributed by atoms with Crippen LogP contribution in [0.1, 0.15) is 28.3 Å². The van der Waals surface area contributed by atoms with Crippen LogP contribution in [0.3, 0.4) is 0 Å². The molecule has 0 radical (unpaired) electrons. The zero-order chi connectivity index (χ0) is 14.9. The number of nitrogens with two attached hydrogens (primary N) is 1. The van der Waals surface area contributed by atoms with Crippen LogP contribution in [0, 0.1) is 25.5 Å². The average Bonchev–Trinajstić information content (AvgIpc) is 2.71. The molecule has 2 rings (SSSR count). The minimum Gasteiger partial charge on any atom is -0.361 e. The lowest BCUT2D eigenvalue weighted by atomic mass is 10.1. The van der Waals surface area contributed by atoms with E-state index in [-0.39, 0.29) is 17.7 Å². The van der Waals surface area contributed by atoms with Gasteiger partial charge in [-0.3, -0.25) is 0 Å². The first-order valence-electron chi connectivity index (χ1n) is 6.08. The van der Waals surface area contributed by atoms with Gasteiger partial charge in [-0.15, -0.1) is 11.3 Å². The summed E-state index contributed by atoms with van der Waals surface area (Å²) in [7, 11) is 0. The van der Waals surface area contributed by atoms with Gasteiger partial charge in [-0.25, -0.2) is 19.6 Å². The van der Waals surface area contributed by atoms with Gasteiger partial charge in [-0.1, -0.05) is 0 Å². The van der Waals surface area contributed by atoms with Crippen molar-refractivity contribution >= 4 is 23.0 Å². The van der Waals surface area contributed by atoms with Crippen molar-refractivity contribution in [2.24, 2.45) is 5.84 Å². The van der Waals surface area contributed by atoms with Crippen molar-refractivity contribution < 1.29 is 8.78 Å². The Morgan fingerprint density at radius 1 is 1.20 bits per heavy atom. The smallest absolute Gasteiger partial charge is 0.178 e. The van der Waals surface area contributed by atoms with Gasteiger partial charge in [-0.2, -0.15) is 0 Å². The lowest BCUT2D eigenvalue weighted by molar-refractivity contribution is 0.576. The number of hydrogen-bond donors (Lipinski definition) is 3. The highest BCUT2D eigenvalue weighted by Gasteiger charge is 2.16. The molecule has 0 spiro atoms. The summed E-state index contributed by atoms with van der Waals surface area (Å²) in [6, 6.07) is 2.66. The number of hydrazine groups is 1. The van der Waals surface area contributed by atoms with Crippen molar-refractivity contribution in [3.63, 3.8) is 0 Å². The normalized spacial score (nSPS) is 12.3. The number of nitrogens with one attached hydrogen (secondary N) is 2. The average molecular weight is 298 g/mol. The number of aromatic nitrogens is 1. The molecule has 2 aromatic rings. The van der Waals surface area contributed by atoms with E-state index in [1.807, 2.05) is 26.8 Å². The van der Waals surface area contributed by atoms with E-state index in [1.54, 1.807) is 11.3 Å². The molecule has 108 valence electrons. The summed E-state index contributed by atoms with van der Waals surface area (Å²) in [6.45, 7) is 5.92. The van der Waals surface area contributed by atoms with Crippen LogP contribution in [-0.2, 0) is 0 Å². The Hall–Kier alpha value is -1.73. The van der Waals surface area contributed by atoms with Gasteiger partial charge < -0.3 is 10.7 Å². The molecule has 0 aliphatic carbocycles. The zero-order valence-corrected chi connectivity index (χ0v) is 12.2. The summed E-state index contributed by atoms with van der Waals surface area (Å²) < 4.78 is 27.0. The molecule has 4 nitrogen and oxygen atoms in total. The molecule has 1 atom stereocenters. The predicted molar refractivity (Wildman–Crippen MR) is 77.8 cm³/mol. The minimum atomic E-state index is -0.828. The van der Waals surface area contributed by atoms with E-state index in [1.165, 1.54) is 4.88 Å². The van der Waals surface area contributed by atoms with Crippen LogP contribution < -0.4 is 16.6 Å². The van der Waals surface area contributed by atoms with E-state index in [4.69, 9.17) is 5.84 Å². The lowest BCUT2D eigenvalue weighted by Crippen LogP contribution is -2.15. The Morgan fingerprint density at radius 2 is 1.85 bits per heavy atom. The van der Waals surface area contributed by atoms with Crippen molar-refractivity contribution in [3.05, 3.63) is 39.1 Å². The highest BCUT2D eigenvalue weighted by atomic mass is 32.1. The maximum atomic E-state index is 13.7. The molecule has 20 heavy (non-hydrogen) atoms. The summed E-state index contributed by atoms with van der Waals surface area (Å²) in [4.78, 5) is 6.14. The van der Waals surface area contributed by atoms with E-state index in [9.17, 15) is 8.78 Å². The van der Waals surface area contributed by atoms with Gasteiger partial charge in [0, 0.05) is 15.8 Å². The van der Waals surface area contributed by atoms with E-state index in [0.717, 1.165) is 16.5 Å². The SMILES string of the molecule is Cc1cc(C(C)Nc2nc(NN)c(F)cc2F)c(C)s1. The molecule has 0 aliphatic rings. The number of rotatable bonds is 4. The van der Waals surface area contributed by atoms with Gasteiger partial charge in [0.15, 0.2) is 23.3 Å². The Balaban J connectivity index is 2.27. The molecule has 0 aliphatic heterocycles. The summed E-state index contributed by atoms with van der Waals surface area (Å²) in [5.74, 6) is 3.33. The Bertz CT molecular complexity index is 627. The molecule has 0 bridgehead atoms. The standard InChI is InChI=1S/C13H16F2N4S/c1-6-4-9(8(3)20-6)7(2)17-12-10(14)5-11(15)13(18-12)19-16/h4-5,7H,16H2,1-3H3,(H2,17,18,19). The third-order valence-corrected chi connectivity index (χ3v) is 3.95. The summed E-state index contributed by atoms with van der Waals surface area (Å²) >= 11 is 1.68. The highest BCUT2D eigenvalue weighted by molar-refractivity contribution is 7.12. The van der Waals surface area contributed by atoms with Gasteiger partial charge in [0.25, 0.3) is 0 Å². The molecular formula is C13H16F2N4S. The van der Waals surface area contributed by atoms with E-state index >= 15 is 0 Å². The van der Waals surface area contributed by atoms with Gasteiger partial charge in [0.2, 0.25) is 0 Å². The Morgan fingerprint density at radius 3 is 2.40 bits per heavy atom. The van der Waals surface area contributed by atoms with Gasteiger partial charge >= 0.3 is 0 Å². The second-order valence-electron chi connectivity index (χ2n) is 4.53. The van der Waals surface area contributed by atoms with Crippen LogP contribution in [0.2, 0.25) is 0 Å². The number of anilines is 2. The van der Waals surface area contributed by atoms with Crippen LogP contribution in [0.15, 0.2) is 12.1 Å². The summed E-state index contributed by atoms with van der Waals surface area (Å²) in [5.41, 5.74) is 3.17. The number of nitrogens with zero attached hydrogens (tertiary/aromatic N) is 1. The lowest BCUT2D eigenvalue weighted by Gasteiger charge is -2.16. The molecule has 2 heterocycles. The van der Waals surface area contributed by atoms with Crippen molar-refractivity contribution in [3.8, 4) is 0 Å². The molecule has 0 saturated carbocycles. The molecule has 1 unspecified atom stereocenters. The first kappa shape index (κ1) is 14.7. The van der Waals surface area contributed by atoms with Crippen molar-refractivity contribution in [1.82, 2.24) is 4.98 Å². The fourth-order valence-electron chi connectivity index (χ4n) is 2.03. The summed E-state index contributed by atoms with van der Waals surface area (Å²) in [5, 5.41) is 2.94. The quantitative estimate of drug-likeness (QED) is 0.597. The fourth-order valence-corrected chi connectivity index (χ4v) is 3.05.